The van der Waals surface area contributed by atoms with E-state index in [0.29, 0.717) is 12.5 Å². The summed E-state index contributed by atoms with van der Waals surface area (Å²) in [6.07, 6.45) is 6.71. The van der Waals surface area contributed by atoms with E-state index in [9.17, 15) is 4.79 Å². The standard InChI is InChI=1S/C17H25N3O2/c1-22-12-11-19-9-2-5-17(14-19)6-10-20(16(17)21)13-15-3-7-18-8-4-15/h3-4,7-8H,2,5-6,9-14H2,1H3. The van der Waals surface area contributed by atoms with Crippen LogP contribution in [0.3, 0.4) is 0 Å². The van der Waals surface area contributed by atoms with Gasteiger partial charge in [0.1, 0.15) is 0 Å². The molecule has 1 aromatic rings. The normalized spacial score (nSPS) is 26.0. The summed E-state index contributed by atoms with van der Waals surface area (Å²) in [5, 5.41) is 0. The quantitative estimate of drug-likeness (QED) is 0.828. The summed E-state index contributed by atoms with van der Waals surface area (Å²) in [5.74, 6) is 0.339. The number of aromatic nitrogens is 1. The van der Waals surface area contributed by atoms with Gasteiger partial charge in [0.25, 0.3) is 0 Å². The van der Waals surface area contributed by atoms with Crippen molar-refractivity contribution in [2.75, 3.05) is 39.9 Å². The van der Waals surface area contributed by atoms with Gasteiger partial charge < -0.3 is 9.64 Å². The number of piperidine rings is 1. The minimum atomic E-state index is -0.154. The van der Waals surface area contributed by atoms with E-state index in [-0.39, 0.29) is 5.41 Å². The van der Waals surface area contributed by atoms with Crippen LogP contribution in [0.1, 0.15) is 24.8 Å². The maximum atomic E-state index is 13.0. The van der Waals surface area contributed by atoms with Crippen LogP contribution >= 0.6 is 0 Å². The summed E-state index contributed by atoms with van der Waals surface area (Å²) in [7, 11) is 1.73. The molecule has 1 unspecified atom stereocenters. The minimum absolute atomic E-state index is 0.154. The molecule has 1 spiro atoms. The predicted molar refractivity (Wildman–Crippen MR) is 84.3 cm³/mol. The molecule has 1 aromatic heterocycles. The lowest BCUT2D eigenvalue weighted by Crippen LogP contribution is -2.48. The summed E-state index contributed by atoms with van der Waals surface area (Å²) in [4.78, 5) is 21.4. The number of ether oxygens (including phenoxy) is 1. The fourth-order valence-corrected chi connectivity index (χ4v) is 3.77. The number of methoxy groups -OCH3 is 1. The number of likely N-dealkylation sites (tertiary alicyclic amines) is 2. The van der Waals surface area contributed by atoms with Gasteiger partial charge in [-0.05, 0) is 43.5 Å². The molecule has 3 heterocycles. The van der Waals surface area contributed by atoms with Crippen LogP contribution in [0.15, 0.2) is 24.5 Å². The number of nitrogens with zero attached hydrogens (tertiary/aromatic N) is 3. The van der Waals surface area contributed by atoms with Gasteiger partial charge in [0.15, 0.2) is 0 Å². The Balaban J connectivity index is 1.64. The van der Waals surface area contributed by atoms with Crippen molar-refractivity contribution in [2.45, 2.75) is 25.8 Å². The molecule has 2 aliphatic heterocycles. The second-order valence-corrected chi connectivity index (χ2v) is 6.49. The molecule has 0 N–H and O–H groups in total. The molecule has 0 bridgehead atoms. The lowest BCUT2D eigenvalue weighted by atomic mass is 9.78. The average Bonchev–Trinajstić information content (AvgIpc) is 2.84. The van der Waals surface area contributed by atoms with Crippen molar-refractivity contribution >= 4 is 5.91 Å². The number of rotatable bonds is 5. The molecule has 0 aliphatic carbocycles. The molecule has 1 amide bonds. The minimum Gasteiger partial charge on any atom is -0.383 e. The summed E-state index contributed by atoms with van der Waals surface area (Å²) in [6, 6.07) is 3.98. The Kier molecular flexibility index (Phi) is 4.74. The van der Waals surface area contributed by atoms with Crippen LogP contribution in [0.4, 0.5) is 0 Å². The third-order valence-corrected chi connectivity index (χ3v) is 4.99. The zero-order valence-electron chi connectivity index (χ0n) is 13.3. The SMILES string of the molecule is COCCN1CCCC2(CCN(Cc3ccncc3)C2=O)C1. The number of carbonyl (C=O) groups is 1. The molecule has 22 heavy (non-hydrogen) atoms. The fourth-order valence-electron chi connectivity index (χ4n) is 3.77. The van der Waals surface area contributed by atoms with E-state index in [1.54, 1.807) is 19.5 Å². The van der Waals surface area contributed by atoms with E-state index in [2.05, 4.69) is 9.88 Å². The van der Waals surface area contributed by atoms with E-state index in [1.165, 1.54) is 0 Å². The Morgan fingerprint density at radius 1 is 1.27 bits per heavy atom. The Morgan fingerprint density at radius 2 is 2.09 bits per heavy atom. The highest BCUT2D eigenvalue weighted by Gasteiger charge is 2.48. The number of pyridine rings is 1. The topological polar surface area (TPSA) is 45.7 Å². The van der Waals surface area contributed by atoms with Crippen LogP contribution in [0.25, 0.3) is 0 Å². The molecule has 120 valence electrons. The Labute approximate surface area is 132 Å². The van der Waals surface area contributed by atoms with Gasteiger partial charge in [0.2, 0.25) is 5.91 Å². The van der Waals surface area contributed by atoms with Gasteiger partial charge in [0.05, 0.1) is 12.0 Å². The molecule has 3 rings (SSSR count). The van der Waals surface area contributed by atoms with Gasteiger partial charge in [-0.25, -0.2) is 0 Å². The molecule has 2 aliphatic rings. The second kappa shape index (κ2) is 6.75. The van der Waals surface area contributed by atoms with Crippen LogP contribution in [-0.4, -0.2) is 60.6 Å². The van der Waals surface area contributed by atoms with Crippen LogP contribution in [0.5, 0.6) is 0 Å². The lowest BCUT2D eigenvalue weighted by molar-refractivity contribution is -0.139. The monoisotopic (exact) mass is 303 g/mol. The third-order valence-electron chi connectivity index (χ3n) is 4.99. The first-order chi connectivity index (χ1) is 10.7. The van der Waals surface area contributed by atoms with Crippen molar-refractivity contribution in [3.05, 3.63) is 30.1 Å². The van der Waals surface area contributed by atoms with Gasteiger partial charge in [-0.3, -0.25) is 14.7 Å². The van der Waals surface area contributed by atoms with Gasteiger partial charge in [0, 0.05) is 45.7 Å². The highest BCUT2D eigenvalue weighted by atomic mass is 16.5. The molecule has 2 fully saturated rings. The van der Waals surface area contributed by atoms with Gasteiger partial charge >= 0.3 is 0 Å². The van der Waals surface area contributed by atoms with E-state index in [0.717, 1.165) is 57.6 Å². The first-order valence-corrected chi connectivity index (χ1v) is 8.13. The van der Waals surface area contributed by atoms with Crippen LogP contribution in [0, 0.1) is 5.41 Å². The van der Waals surface area contributed by atoms with Gasteiger partial charge in [-0.1, -0.05) is 0 Å². The zero-order valence-corrected chi connectivity index (χ0v) is 13.3. The predicted octanol–water partition coefficient (Wildman–Crippen LogP) is 1.54. The molecule has 2 saturated heterocycles. The maximum absolute atomic E-state index is 13.0. The van der Waals surface area contributed by atoms with Gasteiger partial charge in [-0.15, -0.1) is 0 Å². The van der Waals surface area contributed by atoms with Crippen molar-refractivity contribution in [2.24, 2.45) is 5.41 Å². The number of hydrogen-bond donors (Lipinski definition) is 0. The highest BCUT2D eigenvalue weighted by Crippen LogP contribution is 2.40. The van der Waals surface area contributed by atoms with E-state index >= 15 is 0 Å². The summed E-state index contributed by atoms with van der Waals surface area (Å²) in [6.45, 7) is 5.23. The van der Waals surface area contributed by atoms with Crippen molar-refractivity contribution in [1.29, 1.82) is 0 Å². The van der Waals surface area contributed by atoms with Crippen molar-refractivity contribution < 1.29 is 9.53 Å². The number of amides is 1. The second-order valence-electron chi connectivity index (χ2n) is 6.49. The molecule has 0 radical (unpaired) electrons. The van der Waals surface area contributed by atoms with E-state index < -0.39 is 0 Å². The summed E-state index contributed by atoms with van der Waals surface area (Å²) >= 11 is 0. The Hall–Kier alpha value is -1.46. The third kappa shape index (κ3) is 3.15. The summed E-state index contributed by atoms with van der Waals surface area (Å²) in [5.41, 5.74) is 1.01. The zero-order chi connectivity index (χ0) is 15.4. The van der Waals surface area contributed by atoms with Crippen molar-refractivity contribution in [3.63, 3.8) is 0 Å². The van der Waals surface area contributed by atoms with Crippen LogP contribution < -0.4 is 0 Å². The Morgan fingerprint density at radius 3 is 2.86 bits per heavy atom. The Bertz CT molecular complexity index is 508. The molecule has 1 atom stereocenters. The maximum Gasteiger partial charge on any atom is 0.230 e. The van der Waals surface area contributed by atoms with E-state index in [1.807, 2.05) is 17.0 Å². The average molecular weight is 303 g/mol. The largest absolute Gasteiger partial charge is 0.383 e. The van der Waals surface area contributed by atoms with Crippen molar-refractivity contribution in [3.8, 4) is 0 Å². The highest BCUT2D eigenvalue weighted by molar-refractivity contribution is 5.85. The summed E-state index contributed by atoms with van der Waals surface area (Å²) < 4.78 is 5.18. The first-order valence-electron chi connectivity index (χ1n) is 8.13. The molecule has 5 nitrogen and oxygen atoms in total. The molecule has 0 aromatic carbocycles. The van der Waals surface area contributed by atoms with Crippen LogP contribution in [-0.2, 0) is 16.1 Å². The molecule has 0 saturated carbocycles. The van der Waals surface area contributed by atoms with E-state index in [4.69, 9.17) is 4.74 Å². The number of hydrogen-bond acceptors (Lipinski definition) is 4. The fraction of sp³-hybridized carbons (Fsp3) is 0.647. The number of carbonyl (C=O) groups excluding carboxylic acids is 1. The molecular weight excluding hydrogens is 278 g/mol. The lowest BCUT2D eigenvalue weighted by Gasteiger charge is -2.39. The first kappa shape index (κ1) is 15.4. The smallest absolute Gasteiger partial charge is 0.230 e. The van der Waals surface area contributed by atoms with Crippen LogP contribution in [0.2, 0.25) is 0 Å². The molecule has 5 heteroatoms. The van der Waals surface area contributed by atoms with Crippen molar-refractivity contribution in [1.82, 2.24) is 14.8 Å². The molecular formula is C17H25N3O2. The van der Waals surface area contributed by atoms with Gasteiger partial charge in [-0.2, -0.15) is 0 Å².